The van der Waals surface area contributed by atoms with Crippen LogP contribution in [0.15, 0.2) is 24.3 Å². The zero-order chi connectivity index (χ0) is 23.1. The Hall–Kier alpha value is -2.57. The van der Waals surface area contributed by atoms with Crippen LogP contribution in [0.25, 0.3) is 0 Å². The third kappa shape index (κ3) is 5.61. The number of nitrogens with one attached hydrogen (secondary N) is 1. The highest BCUT2D eigenvalue weighted by Crippen LogP contribution is 2.29. The maximum absolute atomic E-state index is 13.3. The van der Waals surface area contributed by atoms with Crippen LogP contribution in [0, 0.1) is 11.8 Å². The highest BCUT2D eigenvalue weighted by Gasteiger charge is 2.37. The molecule has 2 fully saturated rings. The van der Waals surface area contributed by atoms with Crippen molar-refractivity contribution in [2.75, 3.05) is 33.3 Å². The Bertz CT molecular complexity index is 794. The maximum atomic E-state index is 13.3. The number of likely N-dealkylation sites (N-methyl/N-ethyl adjacent to an activating group) is 1. The van der Waals surface area contributed by atoms with Crippen molar-refractivity contribution >= 4 is 17.7 Å². The number of hydrogen-bond donors (Lipinski definition) is 1. The van der Waals surface area contributed by atoms with E-state index in [1.807, 2.05) is 18.7 Å². The first-order valence-corrected chi connectivity index (χ1v) is 12.0. The zero-order valence-electron chi connectivity index (χ0n) is 19.6. The largest absolute Gasteiger partial charge is 0.497 e. The number of benzene rings is 1. The van der Waals surface area contributed by atoms with Crippen molar-refractivity contribution in [1.82, 2.24) is 15.1 Å². The summed E-state index contributed by atoms with van der Waals surface area (Å²) in [4.78, 5) is 42.9. The first-order valence-electron chi connectivity index (χ1n) is 12.0. The van der Waals surface area contributed by atoms with Crippen molar-refractivity contribution in [2.45, 2.75) is 58.4 Å². The SMILES string of the molecule is CCN(CC)C(=O)C(NC(=O)c1cccc(OC)c1)C1CCN(C(=O)C2CCCC2)CC1. The van der Waals surface area contributed by atoms with Crippen molar-refractivity contribution in [3.05, 3.63) is 29.8 Å². The number of hydrogen-bond acceptors (Lipinski definition) is 4. The van der Waals surface area contributed by atoms with E-state index in [-0.39, 0.29) is 29.6 Å². The smallest absolute Gasteiger partial charge is 0.252 e. The van der Waals surface area contributed by atoms with Gasteiger partial charge in [0, 0.05) is 37.7 Å². The van der Waals surface area contributed by atoms with Gasteiger partial charge in [0.25, 0.3) is 5.91 Å². The molecule has 1 saturated heterocycles. The van der Waals surface area contributed by atoms with Gasteiger partial charge in [0.05, 0.1) is 7.11 Å². The van der Waals surface area contributed by atoms with Crippen LogP contribution in [-0.2, 0) is 9.59 Å². The first-order chi connectivity index (χ1) is 15.5. The molecule has 1 aromatic rings. The molecule has 1 heterocycles. The van der Waals surface area contributed by atoms with Crippen LogP contribution in [0.4, 0.5) is 0 Å². The van der Waals surface area contributed by atoms with Crippen LogP contribution in [-0.4, -0.2) is 66.9 Å². The Balaban J connectivity index is 1.71. The van der Waals surface area contributed by atoms with Gasteiger partial charge in [-0.25, -0.2) is 0 Å². The Morgan fingerprint density at radius 3 is 2.34 bits per heavy atom. The molecular weight excluding hydrogens is 406 g/mol. The Morgan fingerprint density at radius 1 is 1.09 bits per heavy atom. The molecule has 1 aliphatic carbocycles. The first kappa shape index (κ1) is 24.1. The predicted octanol–water partition coefficient (Wildman–Crippen LogP) is 3.09. The molecule has 1 saturated carbocycles. The topological polar surface area (TPSA) is 79.0 Å². The van der Waals surface area contributed by atoms with Crippen molar-refractivity contribution in [3.8, 4) is 5.75 Å². The lowest BCUT2D eigenvalue weighted by Crippen LogP contribution is -2.55. The Morgan fingerprint density at radius 2 is 1.75 bits per heavy atom. The fourth-order valence-electron chi connectivity index (χ4n) is 4.99. The number of carbonyl (C=O) groups is 3. The fraction of sp³-hybridized carbons (Fsp3) is 0.640. The minimum absolute atomic E-state index is 0.00489. The molecule has 32 heavy (non-hydrogen) atoms. The van der Waals surface area contributed by atoms with Gasteiger partial charge >= 0.3 is 0 Å². The Kier molecular flexibility index (Phi) is 8.53. The van der Waals surface area contributed by atoms with Gasteiger partial charge in [0.1, 0.15) is 11.8 Å². The van der Waals surface area contributed by atoms with E-state index in [0.29, 0.717) is 50.3 Å². The number of amides is 3. The van der Waals surface area contributed by atoms with Crippen molar-refractivity contribution in [2.24, 2.45) is 11.8 Å². The molecule has 1 unspecified atom stereocenters. The molecule has 2 aliphatic rings. The molecule has 1 N–H and O–H groups in total. The normalized spacial score (nSPS) is 18.3. The molecule has 3 amide bonds. The summed E-state index contributed by atoms with van der Waals surface area (Å²) >= 11 is 0. The zero-order valence-corrected chi connectivity index (χ0v) is 19.6. The minimum Gasteiger partial charge on any atom is -0.497 e. The van der Waals surface area contributed by atoms with E-state index in [4.69, 9.17) is 4.74 Å². The molecule has 0 spiro atoms. The summed E-state index contributed by atoms with van der Waals surface area (Å²) in [6.45, 7) is 6.39. The van der Waals surface area contributed by atoms with Crippen molar-refractivity contribution in [3.63, 3.8) is 0 Å². The highest BCUT2D eigenvalue weighted by atomic mass is 16.5. The highest BCUT2D eigenvalue weighted by molar-refractivity contribution is 5.98. The second-order valence-electron chi connectivity index (χ2n) is 8.84. The monoisotopic (exact) mass is 443 g/mol. The molecule has 0 radical (unpaired) electrons. The van der Waals surface area contributed by atoms with Gasteiger partial charge in [0.15, 0.2) is 0 Å². The third-order valence-electron chi connectivity index (χ3n) is 6.99. The summed E-state index contributed by atoms with van der Waals surface area (Å²) in [5.74, 6) is 0.722. The van der Waals surface area contributed by atoms with Crippen LogP contribution in [0.3, 0.4) is 0 Å². The third-order valence-corrected chi connectivity index (χ3v) is 6.99. The second kappa shape index (κ2) is 11.3. The van der Waals surface area contributed by atoms with E-state index in [0.717, 1.165) is 25.7 Å². The fourth-order valence-corrected chi connectivity index (χ4v) is 4.99. The Labute approximate surface area is 191 Å². The van der Waals surface area contributed by atoms with Gasteiger partial charge in [0.2, 0.25) is 11.8 Å². The molecular formula is C25H37N3O4. The van der Waals surface area contributed by atoms with Gasteiger partial charge in [-0.2, -0.15) is 0 Å². The van der Waals surface area contributed by atoms with Gasteiger partial charge < -0.3 is 19.9 Å². The number of rotatable bonds is 8. The number of ether oxygens (including phenoxy) is 1. The molecule has 7 heteroatoms. The molecule has 0 bridgehead atoms. The quantitative estimate of drug-likeness (QED) is 0.670. The summed E-state index contributed by atoms with van der Waals surface area (Å²) < 4.78 is 5.23. The average Bonchev–Trinajstić information content (AvgIpc) is 3.38. The molecule has 1 aliphatic heterocycles. The standard InChI is InChI=1S/C25H37N3O4/c1-4-27(5-2)25(31)22(26-23(29)20-11-8-12-21(17-20)32-3)18-13-15-28(16-14-18)24(30)19-9-6-7-10-19/h8,11-12,17-19,22H,4-7,9-10,13-16H2,1-3H3,(H,26,29). The van der Waals surface area contributed by atoms with E-state index in [2.05, 4.69) is 5.32 Å². The van der Waals surface area contributed by atoms with Gasteiger partial charge in [-0.15, -0.1) is 0 Å². The average molecular weight is 444 g/mol. The van der Waals surface area contributed by atoms with Gasteiger partial charge in [-0.1, -0.05) is 18.9 Å². The molecule has 7 nitrogen and oxygen atoms in total. The lowest BCUT2D eigenvalue weighted by atomic mass is 9.87. The lowest BCUT2D eigenvalue weighted by molar-refractivity contribution is -0.138. The second-order valence-corrected chi connectivity index (χ2v) is 8.84. The summed E-state index contributed by atoms with van der Waals surface area (Å²) in [6, 6.07) is 6.35. The molecule has 176 valence electrons. The summed E-state index contributed by atoms with van der Waals surface area (Å²) in [6.07, 6.45) is 5.72. The maximum Gasteiger partial charge on any atom is 0.252 e. The summed E-state index contributed by atoms with van der Waals surface area (Å²) in [5, 5.41) is 3.01. The lowest BCUT2D eigenvalue weighted by Gasteiger charge is -2.38. The van der Waals surface area contributed by atoms with Crippen LogP contribution in [0.2, 0.25) is 0 Å². The van der Waals surface area contributed by atoms with Crippen LogP contribution < -0.4 is 10.1 Å². The van der Waals surface area contributed by atoms with Crippen LogP contribution >= 0.6 is 0 Å². The number of piperidine rings is 1. The van der Waals surface area contributed by atoms with E-state index < -0.39 is 6.04 Å². The van der Waals surface area contributed by atoms with E-state index >= 15 is 0 Å². The minimum atomic E-state index is -0.600. The van der Waals surface area contributed by atoms with Crippen molar-refractivity contribution in [1.29, 1.82) is 0 Å². The van der Waals surface area contributed by atoms with Crippen molar-refractivity contribution < 1.29 is 19.1 Å². The molecule has 0 aromatic heterocycles. The summed E-state index contributed by atoms with van der Waals surface area (Å²) in [5.41, 5.74) is 0.468. The van der Waals surface area contributed by atoms with E-state index in [9.17, 15) is 14.4 Å². The molecule has 1 aromatic carbocycles. The van der Waals surface area contributed by atoms with Crippen LogP contribution in [0.5, 0.6) is 5.75 Å². The van der Waals surface area contributed by atoms with E-state index in [1.165, 1.54) is 0 Å². The number of carbonyl (C=O) groups excluding carboxylic acids is 3. The van der Waals surface area contributed by atoms with Gasteiger partial charge in [-0.05, 0) is 63.6 Å². The van der Waals surface area contributed by atoms with Gasteiger partial charge in [-0.3, -0.25) is 14.4 Å². The predicted molar refractivity (Wildman–Crippen MR) is 123 cm³/mol. The van der Waals surface area contributed by atoms with E-state index in [1.54, 1.807) is 36.3 Å². The number of likely N-dealkylation sites (tertiary alicyclic amines) is 1. The molecule has 3 rings (SSSR count). The van der Waals surface area contributed by atoms with Crippen LogP contribution in [0.1, 0.15) is 62.7 Å². The summed E-state index contributed by atoms with van der Waals surface area (Å²) in [7, 11) is 1.56. The molecule has 1 atom stereocenters. The number of nitrogens with zero attached hydrogens (tertiary/aromatic N) is 2. The number of methoxy groups -OCH3 is 1.